The Morgan fingerprint density at radius 1 is 1.22 bits per heavy atom. The van der Waals surface area contributed by atoms with Crippen LogP contribution in [0, 0.1) is 11.7 Å². The van der Waals surface area contributed by atoms with Crippen LogP contribution in [0.25, 0.3) is 44.1 Å². The summed E-state index contributed by atoms with van der Waals surface area (Å²) >= 11 is 0. The molecule has 10 nitrogen and oxygen atoms in total. The predicted molar refractivity (Wildman–Crippen MR) is 159 cm³/mol. The Kier molecular flexibility index (Phi) is 6.61. The van der Waals surface area contributed by atoms with Crippen LogP contribution in [-0.2, 0) is 7.05 Å². The van der Waals surface area contributed by atoms with E-state index in [0.29, 0.717) is 52.0 Å². The van der Waals surface area contributed by atoms with Crippen molar-refractivity contribution >= 4 is 50.3 Å². The zero-order valence-corrected chi connectivity index (χ0v) is 23.4. The molecule has 6 rings (SSSR count). The SMILES string of the molecule is CNc1cc(F)cc2c1[nH]c1ncc(-c3cnc4c(c3)c(=O)c(C(=O)O)cn4C)c(NCCC[C@@H]3CC3N(C)C)c12. The highest BCUT2D eigenvalue weighted by atomic mass is 19.1. The number of H-pyrrole nitrogens is 1. The zero-order valence-electron chi connectivity index (χ0n) is 23.4. The molecular weight excluding hydrogens is 525 g/mol. The quantitative estimate of drug-likeness (QED) is 0.193. The number of carboxylic acid groups (broad SMARTS) is 1. The van der Waals surface area contributed by atoms with E-state index in [1.165, 1.54) is 29.3 Å². The number of aryl methyl sites for hydroxylation is 1. The lowest BCUT2D eigenvalue weighted by Gasteiger charge is -2.15. The predicted octanol–water partition coefficient (Wildman–Crippen LogP) is 4.65. The number of carboxylic acids is 1. The third kappa shape index (κ3) is 4.65. The van der Waals surface area contributed by atoms with Gasteiger partial charge in [-0.05, 0) is 57.5 Å². The molecule has 41 heavy (non-hydrogen) atoms. The lowest BCUT2D eigenvalue weighted by molar-refractivity contribution is 0.0695. The Bertz CT molecular complexity index is 1900. The minimum Gasteiger partial charge on any atom is -0.477 e. The molecule has 1 fully saturated rings. The summed E-state index contributed by atoms with van der Waals surface area (Å²) in [5.41, 5.74) is 3.44. The number of benzene rings is 1. The molecule has 4 N–H and O–H groups in total. The van der Waals surface area contributed by atoms with Gasteiger partial charge in [0.15, 0.2) is 0 Å². The van der Waals surface area contributed by atoms with Gasteiger partial charge < -0.3 is 30.2 Å². The van der Waals surface area contributed by atoms with Gasteiger partial charge in [-0.15, -0.1) is 0 Å². The summed E-state index contributed by atoms with van der Waals surface area (Å²) in [7, 11) is 7.62. The van der Waals surface area contributed by atoms with E-state index in [9.17, 15) is 19.1 Å². The van der Waals surface area contributed by atoms with Gasteiger partial charge in [0.2, 0.25) is 5.43 Å². The highest BCUT2D eigenvalue weighted by Crippen LogP contribution is 2.41. The minimum atomic E-state index is -1.29. The molecule has 2 atom stereocenters. The number of aromatic amines is 1. The second-order valence-electron chi connectivity index (χ2n) is 11.0. The highest BCUT2D eigenvalue weighted by Gasteiger charge is 2.37. The summed E-state index contributed by atoms with van der Waals surface area (Å²) in [6.45, 7) is 0.690. The number of nitrogens with one attached hydrogen (secondary N) is 3. The largest absolute Gasteiger partial charge is 0.477 e. The van der Waals surface area contributed by atoms with Crippen LogP contribution < -0.4 is 16.1 Å². The maximum atomic E-state index is 14.7. The molecule has 11 heteroatoms. The number of carbonyl (C=O) groups is 1. The van der Waals surface area contributed by atoms with Gasteiger partial charge in [-0.3, -0.25) is 4.79 Å². The van der Waals surface area contributed by atoms with Gasteiger partial charge >= 0.3 is 5.97 Å². The molecule has 1 aromatic carbocycles. The average molecular weight is 558 g/mol. The summed E-state index contributed by atoms with van der Waals surface area (Å²) < 4.78 is 16.2. The number of fused-ring (bicyclic) bond motifs is 4. The summed E-state index contributed by atoms with van der Waals surface area (Å²) in [4.78, 5) is 39.6. The van der Waals surface area contributed by atoms with E-state index in [0.717, 1.165) is 29.4 Å². The van der Waals surface area contributed by atoms with E-state index in [1.54, 1.807) is 32.6 Å². The molecule has 212 valence electrons. The fourth-order valence-electron chi connectivity index (χ4n) is 5.94. The molecule has 0 amide bonds. The van der Waals surface area contributed by atoms with Gasteiger partial charge in [0.05, 0.1) is 27.7 Å². The zero-order chi connectivity index (χ0) is 29.0. The first-order chi connectivity index (χ1) is 19.7. The summed E-state index contributed by atoms with van der Waals surface area (Å²) in [5, 5.41) is 17.8. The third-order valence-corrected chi connectivity index (χ3v) is 8.12. The topological polar surface area (TPSA) is 128 Å². The molecule has 4 heterocycles. The lowest BCUT2D eigenvalue weighted by Crippen LogP contribution is -2.18. The number of nitrogens with zero attached hydrogens (tertiary/aromatic N) is 4. The number of aromatic carboxylic acids is 1. The normalized spacial score (nSPS) is 16.6. The van der Waals surface area contributed by atoms with E-state index >= 15 is 0 Å². The van der Waals surface area contributed by atoms with Gasteiger partial charge in [0.1, 0.15) is 22.7 Å². The molecule has 1 unspecified atom stereocenters. The van der Waals surface area contributed by atoms with Crippen LogP contribution in [0.15, 0.2) is 41.6 Å². The molecule has 0 bridgehead atoms. The first kappa shape index (κ1) is 26.7. The van der Waals surface area contributed by atoms with Crippen LogP contribution in [0.4, 0.5) is 15.8 Å². The van der Waals surface area contributed by atoms with Crippen LogP contribution in [0.1, 0.15) is 29.6 Å². The van der Waals surface area contributed by atoms with E-state index < -0.39 is 11.4 Å². The summed E-state index contributed by atoms with van der Waals surface area (Å²) in [5.74, 6) is -0.982. The summed E-state index contributed by atoms with van der Waals surface area (Å²) in [6, 6.07) is 5.22. The molecule has 4 aromatic heterocycles. The molecule has 1 aliphatic carbocycles. The van der Waals surface area contributed by atoms with Gasteiger partial charge in [0, 0.05) is 61.8 Å². The van der Waals surface area contributed by atoms with Crippen LogP contribution in [0.2, 0.25) is 0 Å². The Hall–Kier alpha value is -4.51. The first-order valence-electron chi connectivity index (χ1n) is 13.6. The second-order valence-corrected chi connectivity index (χ2v) is 11.0. The highest BCUT2D eigenvalue weighted by molar-refractivity contribution is 6.17. The van der Waals surface area contributed by atoms with E-state index in [1.807, 2.05) is 0 Å². The molecule has 0 saturated heterocycles. The van der Waals surface area contributed by atoms with Crippen molar-refractivity contribution in [1.82, 2.24) is 24.4 Å². The molecule has 1 aliphatic rings. The smallest absolute Gasteiger partial charge is 0.341 e. The van der Waals surface area contributed by atoms with Crippen LogP contribution in [-0.4, -0.2) is 69.2 Å². The number of pyridine rings is 3. The third-order valence-electron chi connectivity index (χ3n) is 8.12. The lowest BCUT2D eigenvalue weighted by atomic mass is 10.0. The van der Waals surface area contributed by atoms with Crippen molar-refractivity contribution in [3.05, 3.63) is 58.4 Å². The number of rotatable bonds is 9. The van der Waals surface area contributed by atoms with E-state index in [4.69, 9.17) is 0 Å². The second kappa shape index (κ2) is 10.2. The number of hydrogen-bond acceptors (Lipinski definition) is 7. The molecule has 0 spiro atoms. The van der Waals surface area contributed by atoms with Crippen molar-refractivity contribution in [1.29, 1.82) is 0 Å². The standard InChI is InChI=1S/C30H32FN7O3/c1-32-22-11-17(31)10-18-24-26(33-7-5-6-15-9-23(15)37(2)3)20(13-34-28(24)36-25(18)22)16-8-19-27(39)21(30(40)41)14-38(4)29(19)35-12-16/h8,10-15,23,32H,5-7,9H2,1-4H3,(H,40,41)(H2,33,34,36)/t15-,23?/m1/s1. The van der Waals surface area contributed by atoms with Crippen molar-refractivity contribution in [3.63, 3.8) is 0 Å². The van der Waals surface area contributed by atoms with Gasteiger partial charge in [-0.2, -0.15) is 0 Å². The maximum Gasteiger partial charge on any atom is 0.341 e. The first-order valence-corrected chi connectivity index (χ1v) is 13.6. The van der Waals surface area contributed by atoms with Crippen LogP contribution in [0.5, 0.6) is 0 Å². The van der Waals surface area contributed by atoms with Crippen molar-refractivity contribution < 1.29 is 14.3 Å². The number of halogens is 1. The Morgan fingerprint density at radius 2 is 2.02 bits per heavy atom. The van der Waals surface area contributed by atoms with Crippen molar-refractivity contribution in [2.45, 2.75) is 25.3 Å². The van der Waals surface area contributed by atoms with Crippen molar-refractivity contribution in [2.24, 2.45) is 13.0 Å². The Morgan fingerprint density at radius 3 is 2.73 bits per heavy atom. The fourth-order valence-corrected chi connectivity index (χ4v) is 5.94. The number of aromatic nitrogens is 4. The van der Waals surface area contributed by atoms with Gasteiger partial charge in [-0.25, -0.2) is 19.2 Å². The molecule has 5 aromatic rings. The van der Waals surface area contributed by atoms with Crippen molar-refractivity contribution in [3.8, 4) is 11.1 Å². The Labute approximate surface area is 235 Å². The van der Waals surface area contributed by atoms with Crippen molar-refractivity contribution in [2.75, 3.05) is 38.3 Å². The number of hydrogen-bond donors (Lipinski definition) is 4. The minimum absolute atomic E-state index is 0.196. The van der Waals surface area contributed by atoms with E-state index in [-0.39, 0.29) is 16.8 Å². The maximum absolute atomic E-state index is 14.7. The average Bonchev–Trinajstić information content (AvgIpc) is 3.64. The fraction of sp³-hybridized carbons (Fsp3) is 0.333. The summed E-state index contributed by atoms with van der Waals surface area (Å²) in [6.07, 6.45) is 7.89. The molecule has 0 radical (unpaired) electrons. The van der Waals surface area contributed by atoms with E-state index in [2.05, 4.69) is 44.6 Å². The molecule has 0 aliphatic heterocycles. The van der Waals surface area contributed by atoms with Gasteiger partial charge in [0.25, 0.3) is 0 Å². The van der Waals surface area contributed by atoms with Crippen LogP contribution in [0.3, 0.4) is 0 Å². The molecular formula is C30H32FN7O3. The monoisotopic (exact) mass is 557 g/mol. The Balaban J connectivity index is 1.49. The van der Waals surface area contributed by atoms with Gasteiger partial charge in [-0.1, -0.05) is 0 Å². The number of anilines is 2. The van der Waals surface area contributed by atoms with Crippen LogP contribution >= 0.6 is 0 Å². The molecule has 1 saturated carbocycles.